The van der Waals surface area contributed by atoms with E-state index in [1.165, 1.54) is 32.2 Å². The van der Waals surface area contributed by atoms with E-state index in [0.29, 0.717) is 0 Å². The zero-order valence-electron chi connectivity index (χ0n) is 13.1. The van der Waals surface area contributed by atoms with Gasteiger partial charge < -0.3 is 20.7 Å². The van der Waals surface area contributed by atoms with E-state index in [1.807, 2.05) is 0 Å². The number of rotatable bonds is 6. The maximum absolute atomic E-state index is 11.8. The minimum atomic E-state index is -0.545. The highest BCUT2D eigenvalue weighted by atomic mass is 35.5. The molecule has 1 atom stereocenters. The molecule has 124 valence electrons. The Morgan fingerprint density at radius 2 is 1.90 bits per heavy atom. The number of nitrogens with one attached hydrogen (secondary N) is 1. The highest BCUT2D eigenvalue weighted by Gasteiger charge is 2.25. The molecule has 1 saturated carbocycles. The first-order valence-electron chi connectivity index (χ1n) is 7.96. The highest BCUT2D eigenvalue weighted by Crippen LogP contribution is 2.26. The Kier molecular flexibility index (Phi) is 8.56. The molecule has 0 bridgehead atoms. The molecule has 1 unspecified atom stereocenters. The first-order valence-corrected chi connectivity index (χ1v) is 7.96. The van der Waals surface area contributed by atoms with Crippen LogP contribution >= 0.6 is 12.4 Å². The monoisotopic (exact) mass is 319 g/mol. The average Bonchev–Trinajstić information content (AvgIpc) is 2.94. The van der Waals surface area contributed by atoms with Gasteiger partial charge in [-0.15, -0.1) is 12.4 Å². The Hall–Kier alpha value is -0.360. The molecule has 2 rings (SSSR count). The largest absolute Gasteiger partial charge is 0.383 e. The predicted octanol–water partition coefficient (Wildman–Crippen LogP) is 1.15. The molecule has 1 aliphatic heterocycles. The number of carbonyl (C=O) groups is 1. The summed E-state index contributed by atoms with van der Waals surface area (Å²) >= 11 is 0. The number of ether oxygens (including phenoxy) is 1. The van der Waals surface area contributed by atoms with Gasteiger partial charge >= 0.3 is 0 Å². The second-order valence-corrected chi connectivity index (χ2v) is 6.30. The van der Waals surface area contributed by atoms with Gasteiger partial charge in [0, 0.05) is 32.8 Å². The Morgan fingerprint density at radius 1 is 1.29 bits per heavy atom. The number of piperidine rings is 1. The van der Waals surface area contributed by atoms with Gasteiger partial charge in [-0.3, -0.25) is 4.79 Å². The third-order valence-corrected chi connectivity index (χ3v) is 4.61. The second kappa shape index (κ2) is 9.62. The van der Waals surface area contributed by atoms with Gasteiger partial charge in [0.25, 0.3) is 0 Å². The quantitative estimate of drug-likeness (QED) is 0.771. The lowest BCUT2D eigenvalue weighted by Crippen LogP contribution is -2.51. The van der Waals surface area contributed by atoms with E-state index in [9.17, 15) is 4.79 Å². The van der Waals surface area contributed by atoms with Crippen LogP contribution in [-0.2, 0) is 9.53 Å². The van der Waals surface area contributed by atoms with Crippen molar-refractivity contribution in [2.24, 2.45) is 11.7 Å². The minimum absolute atomic E-state index is 0. The lowest BCUT2D eigenvalue weighted by molar-refractivity contribution is -0.124. The van der Waals surface area contributed by atoms with Gasteiger partial charge in [0.05, 0.1) is 6.61 Å². The Labute approximate surface area is 134 Å². The number of halogens is 1. The van der Waals surface area contributed by atoms with Crippen molar-refractivity contribution in [3.8, 4) is 0 Å². The Bertz CT molecular complexity index is 303. The molecular formula is C15H30ClN3O2. The van der Waals surface area contributed by atoms with Crippen LogP contribution in [0, 0.1) is 5.92 Å². The van der Waals surface area contributed by atoms with E-state index < -0.39 is 6.04 Å². The van der Waals surface area contributed by atoms with Crippen LogP contribution in [0.3, 0.4) is 0 Å². The zero-order valence-corrected chi connectivity index (χ0v) is 13.9. The summed E-state index contributed by atoms with van der Waals surface area (Å²) in [5, 5.41) is 3.05. The number of nitrogens with two attached hydrogens (primary N) is 1. The molecule has 2 aliphatic rings. The topological polar surface area (TPSA) is 67.6 Å². The molecule has 21 heavy (non-hydrogen) atoms. The molecule has 1 aliphatic carbocycles. The number of hydrogen-bond acceptors (Lipinski definition) is 4. The van der Waals surface area contributed by atoms with Gasteiger partial charge in [-0.25, -0.2) is 0 Å². The molecule has 1 heterocycles. The third-order valence-electron chi connectivity index (χ3n) is 4.61. The molecule has 0 radical (unpaired) electrons. The van der Waals surface area contributed by atoms with E-state index in [-0.39, 0.29) is 31.0 Å². The number of amides is 1. The summed E-state index contributed by atoms with van der Waals surface area (Å²) in [6, 6.07) is -0.262. The summed E-state index contributed by atoms with van der Waals surface area (Å²) in [5.41, 5.74) is 5.73. The van der Waals surface area contributed by atoms with E-state index in [1.54, 1.807) is 7.11 Å². The highest BCUT2D eigenvalue weighted by molar-refractivity contribution is 5.85. The number of nitrogens with zero attached hydrogens (tertiary/aromatic N) is 1. The molecule has 6 heteroatoms. The fourth-order valence-electron chi connectivity index (χ4n) is 3.38. The van der Waals surface area contributed by atoms with Crippen LogP contribution in [0.15, 0.2) is 0 Å². The summed E-state index contributed by atoms with van der Waals surface area (Å²) in [7, 11) is 1.56. The van der Waals surface area contributed by atoms with E-state index in [2.05, 4.69) is 10.2 Å². The summed E-state index contributed by atoms with van der Waals surface area (Å²) in [4.78, 5) is 14.4. The van der Waals surface area contributed by atoms with E-state index >= 15 is 0 Å². The molecule has 0 aromatic heterocycles. The molecule has 5 nitrogen and oxygen atoms in total. The second-order valence-electron chi connectivity index (χ2n) is 6.30. The van der Waals surface area contributed by atoms with Crippen molar-refractivity contribution < 1.29 is 9.53 Å². The molecule has 0 aromatic carbocycles. The lowest BCUT2D eigenvalue weighted by atomic mass is 10.0. The number of hydrogen-bond donors (Lipinski definition) is 2. The molecular weight excluding hydrogens is 290 g/mol. The fourth-order valence-corrected chi connectivity index (χ4v) is 3.38. The van der Waals surface area contributed by atoms with E-state index in [4.69, 9.17) is 10.5 Å². The molecule has 3 N–H and O–H groups in total. The van der Waals surface area contributed by atoms with Crippen molar-refractivity contribution in [2.75, 3.05) is 33.4 Å². The van der Waals surface area contributed by atoms with Crippen molar-refractivity contribution in [1.82, 2.24) is 10.2 Å². The SMILES string of the molecule is COCC(N)C(=O)NC1CCN(CC2CCCC2)CC1.Cl. The maximum Gasteiger partial charge on any atom is 0.239 e. The van der Waals surface area contributed by atoms with Crippen LogP contribution in [0.25, 0.3) is 0 Å². The van der Waals surface area contributed by atoms with Gasteiger partial charge in [0.1, 0.15) is 6.04 Å². The van der Waals surface area contributed by atoms with Gasteiger partial charge in [0.2, 0.25) is 5.91 Å². The normalized spacial score (nSPS) is 22.8. The minimum Gasteiger partial charge on any atom is -0.383 e. The molecule has 1 saturated heterocycles. The Balaban J connectivity index is 0.00000220. The van der Waals surface area contributed by atoms with Crippen LogP contribution in [0.2, 0.25) is 0 Å². The third kappa shape index (κ3) is 6.10. The zero-order chi connectivity index (χ0) is 14.4. The van der Waals surface area contributed by atoms with Crippen LogP contribution in [-0.4, -0.2) is 56.2 Å². The van der Waals surface area contributed by atoms with Crippen molar-refractivity contribution in [3.05, 3.63) is 0 Å². The van der Waals surface area contributed by atoms with Crippen LogP contribution in [0.5, 0.6) is 0 Å². The molecule has 0 aromatic rings. The summed E-state index contributed by atoms with van der Waals surface area (Å²) in [6.45, 7) is 3.73. The van der Waals surface area contributed by atoms with Crippen LogP contribution < -0.4 is 11.1 Å². The van der Waals surface area contributed by atoms with Crippen molar-refractivity contribution >= 4 is 18.3 Å². The number of carbonyl (C=O) groups excluding carboxylic acids is 1. The first-order chi connectivity index (χ1) is 9.69. The average molecular weight is 320 g/mol. The molecule has 1 amide bonds. The Morgan fingerprint density at radius 3 is 2.48 bits per heavy atom. The molecule has 0 spiro atoms. The van der Waals surface area contributed by atoms with Gasteiger partial charge in [-0.1, -0.05) is 12.8 Å². The lowest BCUT2D eigenvalue weighted by Gasteiger charge is -2.34. The smallest absolute Gasteiger partial charge is 0.239 e. The number of likely N-dealkylation sites (tertiary alicyclic amines) is 1. The van der Waals surface area contributed by atoms with Crippen molar-refractivity contribution in [3.63, 3.8) is 0 Å². The standard InChI is InChI=1S/C15H29N3O2.ClH/c1-20-11-14(16)15(19)17-13-6-8-18(9-7-13)10-12-4-2-3-5-12;/h12-14H,2-11,16H2,1H3,(H,17,19);1H. The molecule has 2 fully saturated rings. The van der Waals surface area contributed by atoms with E-state index in [0.717, 1.165) is 31.8 Å². The first kappa shape index (κ1) is 18.7. The number of methoxy groups -OCH3 is 1. The van der Waals surface area contributed by atoms with Crippen LogP contribution in [0.4, 0.5) is 0 Å². The summed E-state index contributed by atoms with van der Waals surface area (Å²) in [6.07, 6.45) is 7.71. The van der Waals surface area contributed by atoms with Gasteiger partial charge in [-0.05, 0) is 31.6 Å². The fraction of sp³-hybridized carbons (Fsp3) is 0.933. The van der Waals surface area contributed by atoms with Crippen molar-refractivity contribution in [2.45, 2.75) is 50.6 Å². The van der Waals surface area contributed by atoms with Gasteiger partial charge in [-0.2, -0.15) is 0 Å². The predicted molar refractivity (Wildman–Crippen MR) is 86.7 cm³/mol. The maximum atomic E-state index is 11.8. The van der Waals surface area contributed by atoms with Crippen molar-refractivity contribution in [1.29, 1.82) is 0 Å². The summed E-state index contributed by atoms with van der Waals surface area (Å²) < 4.78 is 4.91. The summed E-state index contributed by atoms with van der Waals surface area (Å²) in [5.74, 6) is 0.831. The van der Waals surface area contributed by atoms with Crippen LogP contribution in [0.1, 0.15) is 38.5 Å². The van der Waals surface area contributed by atoms with Gasteiger partial charge in [0.15, 0.2) is 0 Å².